The van der Waals surface area contributed by atoms with Gasteiger partial charge in [0.05, 0.1) is 6.54 Å². The summed E-state index contributed by atoms with van der Waals surface area (Å²) in [5.74, 6) is 4.39. The van der Waals surface area contributed by atoms with Gasteiger partial charge in [-0.25, -0.2) is 5.84 Å². The molecule has 98 valence electrons. The Kier molecular flexibility index (Phi) is 5.29. The first-order valence-corrected chi connectivity index (χ1v) is 5.68. The Bertz CT molecular complexity index is 434. The summed E-state index contributed by atoms with van der Waals surface area (Å²) < 4.78 is 0. The van der Waals surface area contributed by atoms with Gasteiger partial charge >= 0.3 is 0 Å². The van der Waals surface area contributed by atoms with E-state index < -0.39 is 5.91 Å². The molecule has 0 fully saturated rings. The van der Waals surface area contributed by atoms with Crippen LogP contribution in [0.4, 0.5) is 0 Å². The maximum atomic E-state index is 11.6. The lowest BCUT2D eigenvalue weighted by Crippen LogP contribution is -2.35. The largest absolute Gasteiger partial charge is 0.369 e. The van der Waals surface area contributed by atoms with Gasteiger partial charge in [0.15, 0.2) is 0 Å². The Hall–Kier alpha value is -1.92. The molecule has 0 unspecified atom stereocenters. The number of nitrogens with one attached hydrogen (secondary N) is 1. The zero-order chi connectivity index (χ0) is 13.5. The molecule has 0 heterocycles. The number of benzene rings is 1. The van der Waals surface area contributed by atoms with Crippen molar-refractivity contribution in [1.29, 1.82) is 0 Å². The van der Waals surface area contributed by atoms with E-state index in [1.54, 1.807) is 12.1 Å². The van der Waals surface area contributed by atoms with Crippen LogP contribution in [0.15, 0.2) is 24.3 Å². The molecule has 0 aliphatic carbocycles. The molecule has 5 N–H and O–H groups in total. The highest BCUT2D eigenvalue weighted by atomic mass is 16.2. The second-order valence-corrected chi connectivity index (χ2v) is 3.90. The van der Waals surface area contributed by atoms with Crippen LogP contribution in [0.5, 0.6) is 0 Å². The molecule has 0 aromatic heterocycles. The van der Waals surface area contributed by atoms with Gasteiger partial charge < -0.3 is 5.73 Å². The maximum Gasteiger partial charge on any atom is 0.265 e. The monoisotopic (exact) mass is 250 g/mol. The van der Waals surface area contributed by atoms with Crippen LogP contribution >= 0.6 is 0 Å². The number of hydrazine groups is 1. The third-order valence-corrected chi connectivity index (χ3v) is 2.61. The lowest BCUT2D eigenvalue weighted by atomic mass is 10.1. The minimum atomic E-state index is -0.391. The van der Waals surface area contributed by atoms with Crippen LogP contribution in [0.2, 0.25) is 0 Å². The Morgan fingerprint density at radius 2 is 2.00 bits per heavy atom. The van der Waals surface area contributed by atoms with E-state index in [1.807, 2.05) is 24.0 Å². The van der Waals surface area contributed by atoms with Crippen molar-refractivity contribution < 1.29 is 9.59 Å². The van der Waals surface area contributed by atoms with Crippen molar-refractivity contribution in [2.75, 3.05) is 13.1 Å². The first-order chi connectivity index (χ1) is 8.58. The van der Waals surface area contributed by atoms with Gasteiger partial charge in [0.25, 0.3) is 5.91 Å². The molecule has 1 aromatic carbocycles. The van der Waals surface area contributed by atoms with Crippen LogP contribution in [-0.4, -0.2) is 29.8 Å². The molecule has 0 saturated heterocycles. The standard InChI is InChI=1S/C12H18N4O2/c1-2-16(8-11(13)17)7-9-5-3-4-6-10(9)12(18)15-14/h3-6H,2,7-8,14H2,1H3,(H2,13,17)(H,15,18). The Morgan fingerprint density at radius 3 is 2.56 bits per heavy atom. The number of nitrogens with zero attached hydrogens (tertiary/aromatic N) is 1. The van der Waals surface area contributed by atoms with Crippen molar-refractivity contribution >= 4 is 11.8 Å². The van der Waals surface area contributed by atoms with Crippen molar-refractivity contribution in [3.05, 3.63) is 35.4 Å². The molecule has 0 aliphatic rings. The van der Waals surface area contributed by atoms with E-state index in [1.165, 1.54) is 0 Å². The van der Waals surface area contributed by atoms with Gasteiger partial charge in [0, 0.05) is 12.1 Å². The third-order valence-electron chi connectivity index (χ3n) is 2.61. The van der Waals surface area contributed by atoms with Crippen LogP contribution in [-0.2, 0) is 11.3 Å². The van der Waals surface area contributed by atoms with E-state index >= 15 is 0 Å². The number of nitrogens with two attached hydrogens (primary N) is 2. The van der Waals surface area contributed by atoms with Crippen LogP contribution < -0.4 is 17.0 Å². The lowest BCUT2D eigenvalue weighted by molar-refractivity contribution is -0.119. The molecule has 6 heteroatoms. The highest BCUT2D eigenvalue weighted by molar-refractivity contribution is 5.95. The molecule has 1 rings (SSSR count). The summed E-state index contributed by atoms with van der Waals surface area (Å²) in [5, 5.41) is 0. The third kappa shape index (κ3) is 3.83. The fourth-order valence-electron chi connectivity index (χ4n) is 1.70. The van der Waals surface area contributed by atoms with Crippen LogP contribution in [0.25, 0.3) is 0 Å². The second-order valence-electron chi connectivity index (χ2n) is 3.90. The molecule has 0 spiro atoms. The second kappa shape index (κ2) is 6.73. The summed E-state index contributed by atoms with van der Waals surface area (Å²) in [6, 6.07) is 7.11. The molecule has 6 nitrogen and oxygen atoms in total. The van der Waals surface area contributed by atoms with Crippen LogP contribution in [0.1, 0.15) is 22.8 Å². The van der Waals surface area contributed by atoms with E-state index in [2.05, 4.69) is 5.43 Å². The normalized spacial score (nSPS) is 10.4. The van der Waals surface area contributed by atoms with Gasteiger partial charge in [-0.1, -0.05) is 25.1 Å². The highest BCUT2D eigenvalue weighted by Crippen LogP contribution is 2.11. The number of likely N-dealkylation sites (N-methyl/N-ethyl adjacent to an activating group) is 1. The molecule has 0 saturated carbocycles. The number of rotatable bonds is 6. The van der Waals surface area contributed by atoms with Crippen LogP contribution in [0.3, 0.4) is 0 Å². The van der Waals surface area contributed by atoms with Crippen molar-refractivity contribution in [3.63, 3.8) is 0 Å². The van der Waals surface area contributed by atoms with Gasteiger partial charge in [0.2, 0.25) is 5.91 Å². The van der Waals surface area contributed by atoms with Crippen molar-refractivity contribution in [2.45, 2.75) is 13.5 Å². The summed E-state index contributed by atoms with van der Waals surface area (Å²) in [4.78, 5) is 24.3. The van der Waals surface area contributed by atoms with E-state index in [0.29, 0.717) is 18.7 Å². The average molecular weight is 250 g/mol. The van der Waals surface area contributed by atoms with Gasteiger partial charge in [-0.3, -0.25) is 19.9 Å². The number of carbonyl (C=O) groups is 2. The fraction of sp³-hybridized carbons (Fsp3) is 0.333. The molecular weight excluding hydrogens is 232 g/mol. The first-order valence-electron chi connectivity index (χ1n) is 5.68. The van der Waals surface area contributed by atoms with Crippen LogP contribution in [0, 0.1) is 0 Å². The van der Waals surface area contributed by atoms with E-state index in [9.17, 15) is 9.59 Å². The molecule has 1 aromatic rings. The molecule has 0 radical (unpaired) electrons. The molecule has 18 heavy (non-hydrogen) atoms. The summed E-state index contributed by atoms with van der Waals surface area (Å²) >= 11 is 0. The summed E-state index contributed by atoms with van der Waals surface area (Å²) in [5.41, 5.74) is 8.58. The van der Waals surface area contributed by atoms with E-state index in [0.717, 1.165) is 5.56 Å². The Balaban J connectivity index is 2.88. The molecule has 2 amide bonds. The predicted molar refractivity (Wildman–Crippen MR) is 68.2 cm³/mol. The number of amides is 2. The topological polar surface area (TPSA) is 101 Å². The van der Waals surface area contributed by atoms with Gasteiger partial charge in [-0.2, -0.15) is 0 Å². The molecule has 0 atom stereocenters. The summed E-state index contributed by atoms with van der Waals surface area (Å²) in [6.07, 6.45) is 0. The van der Waals surface area contributed by atoms with Gasteiger partial charge in [0.1, 0.15) is 0 Å². The van der Waals surface area contributed by atoms with E-state index in [4.69, 9.17) is 11.6 Å². The fourth-order valence-corrected chi connectivity index (χ4v) is 1.70. The number of nitrogen functional groups attached to an aromatic ring is 1. The van der Waals surface area contributed by atoms with Crippen molar-refractivity contribution in [3.8, 4) is 0 Å². The molecule has 0 aliphatic heterocycles. The van der Waals surface area contributed by atoms with Gasteiger partial charge in [-0.05, 0) is 18.2 Å². The highest BCUT2D eigenvalue weighted by Gasteiger charge is 2.13. The lowest BCUT2D eigenvalue weighted by Gasteiger charge is -2.19. The van der Waals surface area contributed by atoms with E-state index in [-0.39, 0.29) is 12.5 Å². The smallest absolute Gasteiger partial charge is 0.265 e. The molecule has 0 bridgehead atoms. The van der Waals surface area contributed by atoms with Gasteiger partial charge in [-0.15, -0.1) is 0 Å². The summed E-state index contributed by atoms with van der Waals surface area (Å²) in [6.45, 7) is 3.23. The summed E-state index contributed by atoms with van der Waals surface area (Å²) in [7, 11) is 0. The maximum absolute atomic E-state index is 11.6. The SMILES string of the molecule is CCN(CC(N)=O)Cc1ccccc1C(=O)NN. The quantitative estimate of drug-likeness (QED) is 0.363. The zero-order valence-electron chi connectivity index (χ0n) is 10.3. The number of hydrogen-bond acceptors (Lipinski definition) is 4. The number of primary amides is 1. The minimum absolute atomic E-state index is 0.162. The number of carbonyl (C=O) groups excluding carboxylic acids is 2. The van der Waals surface area contributed by atoms with Crippen molar-refractivity contribution in [2.24, 2.45) is 11.6 Å². The van der Waals surface area contributed by atoms with Crippen molar-refractivity contribution in [1.82, 2.24) is 10.3 Å². The zero-order valence-corrected chi connectivity index (χ0v) is 10.3. The average Bonchev–Trinajstić information content (AvgIpc) is 2.37. The minimum Gasteiger partial charge on any atom is -0.369 e. The number of hydrogen-bond donors (Lipinski definition) is 3. The Labute approximate surface area is 106 Å². The molecular formula is C12H18N4O2. The first kappa shape index (κ1) is 14.1. The predicted octanol–water partition coefficient (Wildman–Crippen LogP) is -0.403. The Morgan fingerprint density at radius 1 is 1.33 bits per heavy atom.